The number of hydrogen-bond donors (Lipinski definition) is 3. The minimum absolute atomic E-state index is 0.146. The molecule has 0 aliphatic carbocycles. The highest BCUT2D eigenvalue weighted by Crippen LogP contribution is 2.04. The Balaban J connectivity index is 3.07. The van der Waals surface area contributed by atoms with Crippen molar-refractivity contribution in [2.75, 3.05) is 5.32 Å². The SMILES string of the molecule is Cc1nc(NC(C)C)[nH]c(=O)c1CC(=O)O. The van der Waals surface area contributed by atoms with Gasteiger partial charge in [0, 0.05) is 11.6 Å². The van der Waals surface area contributed by atoms with Crippen molar-refractivity contribution in [2.45, 2.75) is 33.2 Å². The Labute approximate surface area is 92.7 Å². The second-order valence-corrected chi connectivity index (χ2v) is 3.85. The maximum atomic E-state index is 11.6. The molecule has 0 fully saturated rings. The fourth-order valence-corrected chi connectivity index (χ4v) is 1.31. The number of hydrogen-bond acceptors (Lipinski definition) is 4. The average Bonchev–Trinajstić information content (AvgIpc) is 2.10. The molecule has 0 spiro atoms. The van der Waals surface area contributed by atoms with E-state index in [1.54, 1.807) is 6.92 Å². The van der Waals surface area contributed by atoms with Crippen LogP contribution in [0.3, 0.4) is 0 Å². The predicted octanol–water partition coefficient (Wildman–Crippen LogP) is 0.526. The zero-order valence-electron chi connectivity index (χ0n) is 9.50. The first-order valence-corrected chi connectivity index (χ1v) is 4.98. The minimum Gasteiger partial charge on any atom is -0.481 e. The lowest BCUT2D eigenvalue weighted by atomic mass is 10.2. The summed E-state index contributed by atoms with van der Waals surface area (Å²) < 4.78 is 0. The van der Waals surface area contributed by atoms with Crippen LogP contribution < -0.4 is 10.9 Å². The number of carboxylic acid groups (broad SMARTS) is 1. The zero-order chi connectivity index (χ0) is 12.3. The minimum atomic E-state index is -1.04. The normalized spacial score (nSPS) is 10.5. The molecule has 3 N–H and O–H groups in total. The van der Waals surface area contributed by atoms with Crippen LogP contribution in [0.5, 0.6) is 0 Å². The molecule has 6 nitrogen and oxygen atoms in total. The summed E-state index contributed by atoms with van der Waals surface area (Å²) >= 11 is 0. The summed E-state index contributed by atoms with van der Waals surface area (Å²) in [4.78, 5) is 28.7. The summed E-state index contributed by atoms with van der Waals surface area (Å²) in [5, 5.41) is 11.6. The third-order valence-electron chi connectivity index (χ3n) is 1.98. The van der Waals surface area contributed by atoms with Crippen molar-refractivity contribution in [3.8, 4) is 0 Å². The van der Waals surface area contributed by atoms with Gasteiger partial charge in [-0.25, -0.2) is 4.98 Å². The van der Waals surface area contributed by atoms with Gasteiger partial charge in [0.05, 0.1) is 12.1 Å². The van der Waals surface area contributed by atoms with E-state index in [0.29, 0.717) is 11.6 Å². The van der Waals surface area contributed by atoms with E-state index in [2.05, 4.69) is 15.3 Å². The zero-order valence-corrected chi connectivity index (χ0v) is 9.50. The van der Waals surface area contributed by atoms with Crippen molar-refractivity contribution in [1.29, 1.82) is 0 Å². The van der Waals surface area contributed by atoms with E-state index in [0.717, 1.165) is 0 Å². The van der Waals surface area contributed by atoms with Gasteiger partial charge >= 0.3 is 5.97 Å². The van der Waals surface area contributed by atoms with E-state index < -0.39 is 11.5 Å². The first kappa shape index (κ1) is 12.2. The summed E-state index contributed by atoms with van der Waals surface area (Å²) in [6, 6.07) is 0.146. The molecular weight excluding hydrogens is 210 g/mol. The van der Waals surface area contributed by atoms with Crippen LogP contribution in [0.15, 0.2) is 4.79 Å². The van der Waals surface area contributed by atoms with Crippen molar-refractivity contribution in [1.82, 2.24) is 9.97 Å². The first-order valence-electron chi connectivity index (χ1n) is 4.98. The van der Waals surface area contributed by atoms with Gasteiger partial charge in [0.1, 0.15) is 0 Å². The number of nitrogens with zero attached hydrogens (tertiary/aromatic N) is 1. The van der Waals surface area contributed by atoms with Gasteiger partial charge in [-0.15, -0.1) is 0 Å². The Morgan fingerprint density at radius 2 is 2.19 bits per heavy atom. The summed E-state index contributed by atoms with van der Waals surface area (Å²) in [6.45, 7) is 5.46. The summed E-state index contributed by atoms with van der Waals surface area (Å²) in [5.74, 6) is -0.674. The van der Waals surface area contributed by atoms with Crippen molar-refractivity contribution in [3.63, 3.8) is 0 Å². The maximum absolute atomic E-state index is 11.6. The van der Waals surface area contributed by atoms with E-state index in [1.807, 2.05) is 13.8 Å². The molecule has 1 heterocycles. The lowest BCUT2D eigenvalue weighted by Gasteiger charge is -2.10. The van der Waals surface area contributed by atoms with Gasteiger partial charge in [0.25, 0.3) is 5.56 Å². The van der Waals surface area contributed by atoms with E-state index in [4.69, 9.17) is 5.11 Å². The number of carboxylic acids is 1. The van der Waals surface area contributed by atoms with Gasteiger partial charge < -0.3 is 10.4 Å². The van der Waals surface area contributed by atoms with Gasteiger partial charge in [-0.1, -0.05) is 0 Å². The molecule has 6 heteroatoms. The molecule has 16 heavy (non-hydrogen) atoms. The van der Waals surface area contributed by atoms with Crippen LogP contribution in [0.4, 0.5) is 5.95 Å². The number of H-pyrrole nitrogens is 1. The summed E-state index contributed by atoms with van der Waals surface area (Å²) in [6.07, 6.45) is -0.309. The highest BCUT2D eigenvalue weighted by Gasteiger charge is 2.11. The van der Waals surface area contributed by atoms with Crippen LogP contribution in [0.2, 0.25) is 0 Å². The number of carbonyl (C=O) groups is 1. The van der Waals surface area contributed by atoms with E-state index in [1.165, 1.54) is 0 Å². The molecule has 0 aliphatic rings. The number of aliphatic carboxylic acids is 1. The number of nitrogens with one attached hydrogen (secondary N) is 2. The third kappa shape index (κ3) is 3.08. The fraction of sp³-hybridized carbons (Fsp3) is 0.500. The van der Waals surface area contributed by atoms with E-state index >= 15 is 0 Å². The number of aryl methyl sites for hydroxylation is 1. The maximum Gasteiger partial charge on any atom is 0.308 e. The van der Waals surface area contributed by atoms with Crippen molar-refractivity contribution < 1.29 is 9.90 Å². The summed E-state index contributed by atoms with van der Waals surface area (Å²) in [7, 11) is 0. The van der Waals surface area contributed by atoms with Crippen LogP contribution >= 0.6 is 0 Å². The van der Waals surface area contributed by atoms with Gasteiger partial charge in [-0.3, -0.25) is 14.6 Å². The van der Waals surface area contributed by atoms with E-state index in [9.17, 15) is 9.59 Å². The van der Waals surface area contributed by atoms with Crippen molar-refractivity contribution >= 4 is 11.9 Å². The molecule has 0 aromatic carbocycles. The van der Waals surface area contributed by atoms with Gasteiger partial charge in [-0.05, 0) is 20.8 Å². The van der Waals surface area contributed by atoms with Gasteiger partial charge in [0.15, 0.2) is 0 Å². The Morgan fingerprint density at radius 1 is 1.56 bits per heavy atom. The molecule has 0 bridgehead atoms. The Morgan fingerprint density at radius 3 is 2.62 bits per heavy atom. The molecule has 0 atom stereocenters. The number of rotatable bonds is 4. The molecule has 0 amide bonds. The van der Waals surface area contributed by atoms with Gasteiger partial charge in [0.2, 0.25) is 5.95 Å². The highest BCUT2D eigenvalue weighted by molar-refractivity contribution is 5.70. The average molecular weight is 225 g/mol. The molecule has 0 radical (unpaired) electrons. The van der Waals surface area contributed by atoms with Crippen molar-refractivity contribution in [3.05, 3.63) is 21.6 Å². The van der Waals surface area contributed by atoms with Crippen LogP contribution in [-0.4, -0.2) is 27.1 Å². The molecule has 0 saturated carbocycles. The predicted molar refractivity (Wildman–Crippen MR) is 59.7 cm³/mol. The Kier molecular flexibility index (Phi) is 3.65. The lowest BCUT2D eigenvalue weighted by Crippen LogP contribution is -2.23. The molecule has 0 saturated heterocycles. The van der Waals surface area contributed by atoms with Crippen LogP contribution in [0.25, 0.3) is 0 Å². The Hall–Kier alpha value is -1.85. The quantitative estimate of drug-likeness (QED) is 0.694. The van der Waals surface area contributed by atoms with Crippen molar-refractivity contribution in [2.24, 2.45) is 0 Å². The molecular formula is C10H15N3O3. The van der Waals surface area contributed by atoms with Crippen LogP contribution in [0, 0.1) is 6.92 Å². The van der Waals surface area contributed by atoms with Crippen LogP contribution in [-0.2, 0) is 11.2 Å². The third-order valence-corrected chi connectivity index (χ3v) is 1.98. The standard InChI is InChI=1S/C10H15N3O3/c1-5(2)11-10-12-6(3)7(4-8(14)15)9(16)13-10/h5H,4H2,1-3H3,(H,14,15)(H2,11,12,13,16). The first-order chi connectivity index (χ1) is 7.40. The topological polar surface area (TPSA) is 95.1 Å². The lowest BCUT2D eigenvalue weighted by molar-refractivity contribution is -0.136. The van der Waals surface area contributed by atoms with E-state index in [-0.39, 0.29) is 18.0 Å². The molecule has 1 aromatic rings. The van der Waals surface area contributed by atoms with Crippen LogP contribution in [0.1, 0.15) is 25.1 Å². The number of aromatic amines is 1. The van der Waals surface area contributed by atoms with Gasteiger partial charge in [-0.2, -0.15) is 0 Å². The number of anilines is 1. The largest absolute Gasteiger partial charge is 0.481 e. The summed E-state index contributed by atoms with van der Waals surface area (Å²) in [5.41, 5.74) is 0.231. The molecule has 88 valence electrons. The fourth-order valence-electron chi connectivity index (χ4n) is 1.31. The monoisotopic (exact) mass is 225 g/mol. The molecule has 1 aromatic heterocycles. The molecule has 0 unspecified atom stereocenters. The molecule has 1 rings (SSSR count). The number of aromatic nitrogens is 2. The smallest absolute Gasteiger partial charge is 0.308 e. The molecule has 0 aliphatic heterocycles. The Bertz CT molecular complexity index is 451. The highest BCUT2D eigenvalue weighted by atomic mass is 16.4. The second kappa shape index (κ2) is 4.78. The second-order valence-electron chi connectivity index (χ2n) is 3.85.